The van der Waals surface area contributed by atoms with Gasteiger partial charge in [0.05, 0.1) is 11.7 Å². The number of carbonyl (C=O) groups excluding carboxylic acids is 1. The van der Waals surface area contributed by atoms with Crippen molar-refractivity contribution in [2.45, 2.75) is 30.8 Å². The molecule has 1 fully saturated rings. The Morgan fingerprint density at radius 2 is 1.82 bits per heavy atom. The number of rotatable bonds is 3. The first-order chi connectivity index (χ1) is 17.6. The fourth-order valence-corrected chi connectivity index (χ4v) is 4.37. The molecule has 1 saturated heterocycles. The Labute approximate surface area is 208 Å². The van der Waals surface area contributed by atoms with Crippen molar-refractivity contribution in [2.75, 3.05) is 20.1 Å². The molecule has 0 amide bonds. The number of aromatic hydroxyl groups is 1. The van der Waals surface area contributed by atoms with E-state index in [4.69, 9.17) is 4.42 Å². The second-order valence-electron chi connectivity index (χ2n) is 8.79. The molecule has 1 aromatic heterocycles. The summed E-state index contributed by atoms with van der Waals surface area (Å²) >= 11 is 0. The number of likely N-dealkylation sites (tertiary alicyclic amines) is 1. The summed E-state index contributed by atoms with van der Waals surface area (Å²) in [5.41, 5.74) is -4.04. The normalized spacial score (nSPS) is 19.1. The molecular formula is C24H18F7NO6. The van der Waals surface area contributed by atoms with E-state index in [-0.39, 0.29) is 18.5 Å². The zero-order valence-corrected chi connectivity index (χ0v) is 19.3. The number of β-amino-alcohol motifs (C(OH)–C–C–N with tert-alkyl or cyclic N) is 1. The number of phenols is 1. The van der Waals surface area contributed by atoms with Crippen LogP contribution in [0.2, 0.25) is 0 Å². The average molecular weight is 549 g/mol. The van der Waals surface area contributed by atoms with Crippen molar-refractivity contribution in [3.8, 4) is 22.8 Å². The number of aliphatic hydroxyl groups is 1. The molecule has 0 bridgehead atoms. The van der Waals surface area contributed by atoms with E-state index in [9.17, 15) is 50.5 Å². The third-order valence-electron chi connectivity index (χ3n) is 6.13. The Morgan fingerprint density at radius 3 is 2.42 bits per heavy atom. The van der Waals surface area contributed by atoms with Crippen LogP contribution in [-0.2, 0) is 11.0 Å². The fraction of sp³-hybridized carbons (Fsp3) is 0.333. The summed E-state index contributed by atoms with van der Waals surface area (Å²) in [6, 6.07) is 2.97. The molecule has 0 unspecified atom stereocenters. The summed E-state index contributed by atoms with van der Waals surface area (Å²) in [4.78, 5) is 26.3. The zero-order chi connectivity index (χ0) is 28.2. The van der Waals surface area contributed by atoms with E-state index >= 15 is 0 Å². The van der Waals surface area contributed by atoms with E-state index in [0.29, 0.717) is 30.8 Å². The number of hydrogen-bond acceptors (Lipinski definition) is 7. The van der Waals surface area contributed by atoms with Gasteiger partial charge in [-0.1, -0.05) is 0 Å². The van der Waals surface area contributed by atoms with Crippen LogP contribution in [0, 0.1) is 5.82 Å². The molecule has 2 N–H and O–H groups in total. The maximum atomic E-state index is 13.8. The Morgan fingerprint density at radius 1 is 1.13 bits per heavy atom. The zero-order valence-electron chi connectivity index (χ0n) is 19.3. The van der Waals surface area contributed by atoms with Crippen LogP contribution < -0.4 is 10.2 Å². The minimum Gasteiger partial charge on any atom is -0.507 e. The van der Waals surface area contributed by atoms with Crippen LogP contribution in [0.25, 0.3) is 22.3 Å². The van der Waals surface area contributed by atoms with E-state index in [1.165, 1.54) is 0 Å². The van der Waals surface area contributed by atoms with Crippen LogP contribution >= 0.6 is 0 Å². The van der Waals surface area contributed by atoms with Gasteiger partial charge in [-0.25, -0.2) is 9.18 Å². The van der Waals surface area contributed by atoms with Crippen LogP contribution in [0.3, 0.4) is 0 Å². The number of piperidine rings is 1. The van der Waals surface area contributed by atoms with Gasteiger partial charge in [0.15, 0.2) is 5.43 Å². The second-order valence-corrected chi connectivity index (χ2v) is 8.79. The molecule has 38 heavy (non-hydrogen) atoms. The SMILES string of the molecule is CN1CC[C@H](c2c(O)cc(OC(=O)C(F)(F)F)c3c(=O)cc(-c4ccc(F)c(C(F)(F)F)c4)oc23)[C@H](O)C1. The molecule has 2 aromatic carbocycles. The Hall–Kier alpha value is -3.65. The predicted molar refractivity (Wildman–Crippen MR) is 117 cm³/mol. The number of phenolic OH excluding ortho intramolecular Hbond substituents is 1. The first kappa shape index (κ1) is 27.4. The second kappa shape index (κ2) is 9.58. The summed E-state index contributed by atoms with van der Waals surface area (Å²) in [5, 5.41) is 20.6. The van der Waals surface area contributed by atoms with E-state index in [1.54, 1.807) is 11.9 Å². The van der Waals surface area contributed by atoms with E-state index in [1.807, 2.05) is 0 Å². The molecule has 0 aliphatic carbocycles. The summed E-state index contributed by atoms with van der Waals surface area (Å²) in [6.07, 6.45) is -11.5. The van der Waals surface area contributed by atoms with Crippen molar-refractivity contribution in [3.05, 3.63) is 57.5 Å². The van der Waals surface area contributed by atoms with Gasteiger partial charge in [0, 0.05) is 35.7 Å². The molecule has 1 aliphatic rings. The minimum absolute atomic E-state index is 0.104. The molecule has 0 saturated carbocycles. The highest BCUT2D eigenvalue weighted by Crippen LogP contribution is 2.44. The first-order valence-electron chi connectivity index (χ1n) is 10.9. The number of aliphatic hydroxyl groups excluding tert-OH is 1. The Kier molecular flexibility index (Phi) is 6.91. The lowest BCUT2D eigenvalue weighted by Crippen LogP contribution is -2.40. The van der Waals surface area contributed by atoms with Gasteiger partial charge >= 0.3 is 18.3 Å². The lowest BCUT2D eigenvalue weighted by molar-refractivity contribution is -0.189. The number of benzene rings is 2. The van der Waals surface area contributed by atoms with Gasteiger partial charge in [-0.2, -0.15) is 26.3 Å². The molecule has 1 aliphatic heterocycles. The van der Waals surface area contributed by atoms with Gasteiger partial charge in [-0.05, 0) is 38.2 Å². The van der Waals surface area contributed by atoms with Gasteiger partial charge < -0.3 is 24.3 Å². The largest absolute Gasteiger partial charge is 0.507 e. The molecule has 14 heteroatoms. The monoisotopic (exact) mass is 549 g/mol. The number of halogens is 7. The highest BCUT2D eigenvalue weighted by molar-refractivity contribution is 5.92. The van der Waals surface area contributed by atoms with Crippen LogP contribution in [0.5, 0.6) is 11.5 Å². The van der Waals surface area contributed by atoms with E-state index < -0.39 is 80.9 Å². The summed E-state index contributed by atoms with van der Waals surface area (Å²) < 4.78 is 102. The van der Waals surface area contributed by atoms with Crippen molar-refractivity contribution in [3.63, 3.8) is 0 Å². The van der Waals surface area contributed by atoms with Crippen LogP contribution in [0.1, 0.15) is 23.5 Å². The van der Waals surface area contributed by atoms with Gasteiger partial charge in [-0.3, -0.25) is 4.79 Å². The lowest BCUT2D eigenvalue weighted by Gasteiger charge is -2.34. The maximum absolute atomic E-state index is 13.8. The molecule has 2 atom stereocenters. The van der Waals surface area contributed by atoms with Crippen LogP contribution in [0.15, 0.2) is 39.5 Å². The number of carbonyl (C=O) groups is 1. The van der Waals surface area contributed by atoms with Gasteiger partial charge in [0.25, 0.3) is 0 Å². The van der Waals surface area contributed by atoms with E-state index in [0.717, 1.165) is 6.07 Å². The third kappa shape index (κ3) is 5.18. The molecule has 3 aromatic rings. The minimum atomic E-state index is -5.47. The van der Waals surface area contributed by atoms with Crippen molar-refractivity contribution >= 4 is 16.9 Å². The number of ether oxygens (including phenoxy) is 1. The topological polar surface area (TPSA) is 100 Å². The number of hydrogen-bond donors (Lipinski definition) is 2. The lowest BCUT2D eigenvalue weighted by atomic mass is 9.85. The smallest absolute Gasteiger partial charge is 0.491 e. The number of nitrogens with zero attached hydrogens (tertiary/aromatic N) is 1. The Bertz CT molecular complexity index is 1460. The van der Waals surface area contributed by atoms with Gasteiger partial charge in [-0.15, -0.1) is 0 Å². The molecule has 7 nitrogen and oxygen atoms in total. The number of fused-ring (bicyclic) bond motifs is 1. The average Bonchev–Trinajstić information content (AvgIpc) is 2.78. The van der Waals surface area contributed by atoms with Gasteiger partial charge in [0.2, 0.25) is 0 Å². The van der Waals surface area contributed by atoms with E-state index in [2.05, 4.69) is 4.74 Å². The van der Waals surface area contributed by atoms with Crippen molar-refractivity contribution in [1.29, 1.82) is 0 Å². The van der Waals surface area contributed by atoms with Crippen molar-refractivity contribution < 1.29 is 54.9 Å². The maximum Gasteiger partial charge on any atom is 0.491 e. The standard InChI is InChI=1S/C24H18F7NO6/c1-32-5-4-11(16(35)9-32)19-14(33)8-18(38-22(36)24(29,30)31)20-15(34)7-17(37-21(19)20)10-2-3-13(25)12(6-10)23(26,27)28/h2-3,6-8,11,16,33,35H,4-5,9H2,1H3/t11-,16+/m0/s1. The quantitative estimate of drug-likeness (QED) is 0.281. The molecule has 204 valence electrons. The summed E-state index contributed by atoms with van der Waals surface area (Å²) in [5.74, 6) is -7.57. The molecule has 2 heterocycles. The fourth-order valence-electron chi connectivity index (χ4n) is 4.37. The number of likely N-dealkylation sites (N-methyl/N-ethyl adjacent to an activating group) is 1. The first-order valence-corrected chi connectivity index (χ1v) is 10.9. The number of esters is 1. The highest BCUT2D eigenvalue weighted by atomic mass is 19.4. The molecular weight excluding hydrogens is 531 g/mol. The molecule has 0 spiro atoms. The predicted octanol–water partition coefficient (Wildman–Crippen LogP) is 4.57. The van der Waals surface area contributed by atoms with Crippen molar-refractivity contribution in [2.24, 2.45) is 0 Å². The summed E-state index contributed by atoms with van der Waals surface area (Å²) in [6.45, 7) is 0.498. The number of alkyl halides is 6. The van der Waals surface area contributed by atoms with Gasteiger partial charge in [0.1, 0.15) is 34.0 Å². The highest BCUT2D eigenvalue weighted by Gasteiger charge is 2.42. The van der Waals surface area contributed by atoms with Crippen molar-refractivity contribution in [1.82, 2.24) is 4.90 Å². The third-order valence-corrected chi connectivity index (χ3v) is 6.13. The summed E-state index contributed by atoms with van der Waals surface area (Å²) in [7, 11) is 1.70. The molecule has 0 radical (unpaired) electrons. The molecule has 4 rings (SSSR count). The van der Waals surface area contributed by atoms with Crippen LogP contribution in [0.4, 0.5) is 30.7 Å². The van der Waals surface area contributed by atoms with Crippen LogP contribution in [-0.4, -0.2) is 53.5 Å². The Balaban J connectivity index is 2.00.